The zero-order valence-electron chi connectivity index (χ0n) is 11.3. The molecule has 18 heavy (non-hydrogen) atoms. The van der Waals surface area contributed by atoms with Gasteiger partial charge in [0, 0.05) is 6.54 Å². The van der Waals surface area contributed by atoms with Gasteiger partial charge >= 0.3 is 5.97 Å². The Morgan fingerprint density at radius 3 is 2.78 bits per heavy atom. The van der Waals surface area contributed by atoms with Crippen LogP contribution in [0.25, 0.3) is 0 Å². The van der Waals surface area contributed by atoms with E-state index in [4.69, 9.17) is 10.5 Å². The van der Waals surface area contributed by atoms with E-state index in [9.17, 15) is 4.79 Å². The van der Waals surface area contributed by atoms with Crippen LogP contribution in [0.5, 0.6) is 0 Å². The van der Waals surface area contributed by atoms with Gasteiger partial charge in [-0.1, -0.05) is 13.8 Å². The summed E-state index contributed by atoms with van der Waals surface area (Å²) in [6.07, 6.45) is 4.08. The van der Waals surface area contributed by atoms with Gasteiger partial charge in [-0.2, -0.15) is 0 Å². The predicted octanol–water partition coefficient (Wildman–Crippen LogP) is 2.08. The highest BCUT2D eigenvalue weighted by molar-refractivity contribution is 5.92. The van der Waals surface area contributed by atoms with Crippen molar-refractivity contribution in [1.82, 2.24) is 9.55 Å². The maximum absolute atomic E-state index is 11.6. The fourth-order valence-corrected chi connectivity index (χ4v) is 2.29. The number of imidazole rings is 1. The minimum atomic E-state index is -0.442. The molecule has 5 heteroatoms. The maximum Gasteiger partial charge on any atom is 0.360 e. The number of nitrogens with zero attached hydrogens (tertiary/aromatic N) is 2. The van der Waals surface area contributed by atoms with Crippen molar-refractivity contribution in [2.24, 2.45) is 11.3 Å². The second-order valence-corrected chi connectivity index (χ2v) is 5.34. The van der Waals surface area contributed by atoms with Crippen LogP contribution in [0.2, 0.25) is 0 Å². The van der Waals surface area contributed by atoms with Gasteiger partial charge < -0.3 is 15.0 Å². The number of hydrogen-bond acceptors (Lipinski definition) is 4. The molecule has 2 N–H and O–H groups in total. The van der Waals surface area contributed by atoms with Gasteiger partial charge in [0.2, 0.25) is 0 Å². The van der Waals surface area contributed by atoms with Crippen molar-refractivity contribution in [3.8, 4) is 0 Å². The van der Waals surface area contributed by atoms with Crippen molar-refractivity contribution < 1.29 is 9.53 Å². The highest BCUT2D eigenvalue weighted by Crippen LogP contribution is 2.53. The number of carbonyl (C=O) groups excluding carboxylic acids is 1. The van der Waals surface area contributed by atoms with E-state index in [1.807, 2.05) is 4.57 Å². The molecular weight excluding hydrogens is 230 g/mol. The van der Waals surface area contributed by atoms with Gasteiger partial charge in [0.25, 0.3) is 0 Å². The number of esters is 1. The maximum atomic E-state index is 11.6. The van der Waals surface area contributed by atoms with Crippen molar-refractivity contribution in [1.29, 1.82) is 0 Å². The third-order valence-electron chi connectivity index (χ3n) is 3.95. The van der Waals surface area contributed by atoms with E-state index >= 15 is 0 Å². The number of aromatic nitrogens is 2. The number of ether oxygens (including phenoxy) is 1. The van der Waals surface area contributed by atoms with E-state index in [0.29, 0.717) is 23.8 Å². The van der Waals surface area contributed by atoms with Crippen LogP contribution in [0.4, 0.5) is 5.82 Å². The van der Waals surface area contributed by atoms with Gasteiger partial charge in [0.05, 0.1) is 12.9 Å². The average molecular weight is 251 g/mol. The molecule has 2 rings (SSSR count). The van der Waals surface area contributed by atoms with Crippen LogP contribution in [-0.4, -0.2) is 22.1 Å². The van der Waals surface area contributed by atoms with Crippen molar-refractivity contribution in [2.45, 2.75) is 40.2 Å². The summed E-state index contributed by atoms with van der Waals surface area (Å²) in [5, 5.41) is 0. The lowest BCUT2D eigenvalue weighted by Gasteiger charge is -2.20. The van der Waals surface area contributed by atoms with E-state index in [1.165, 1.54) is 12.8 Å². The Morgan fingerprint density at radius 1 is 1.61 bits per heavy atom. The molecule has 0 unspecified atom stereocenters. The molecule has 0 bridgehead atoms. The first-order chi connectivity index (χ1) is 8.50. The van der Waals surface area contributed by atoms with Crippen molar-refractivity contribution >= 4 is 11.8 Å². The Balaban J connectivity index is 2.14. The van der Waals surface area contributed by atoms with Crippen LogP contribution < -0.4 is 5.73 Å². The Bertz CT molecular complexity index is 447. The fraction of sp³-hybridized carbons (Fsp3) is 0.692. The molecule has 0 aliphatic heterocycles. The topological polar surface area (TPSA) is 70.1 Å². The SMILES string of the molecule is CCOC(=O)c1ncn(CC2(C(C)C)CC2)c1N. The molecule has 0 amide bonds. The minimum Gasteiger partial charge on any atom is -0.461 e. The molecular formula is C13H21N3O2. The molecule has 1 aromatic rings. The molecule has 0 spiro atoms. The molecule has 1 aliphatic carbocycles. The van der Waals surface area contributed by atoms with Crippen LogP contribution in [-0.2, 0) is 11.3 Å². The molecule has 0 saturated heterocycles. The van der Waals surface area contributed by atoms with Crippen LogP contribution >= 0.6 is 0 Å². The average Bonchev–Trinajstić information content (AvgIpc) is 3.01. The molecule has 1 heterocycles. The highest BCUT2D eigenvalue weighted by atomic mass is 16.5. The highest BCUT2D eigenvalue weighted by Gasteiger charge is 2.45. The lowest BCUT2D eigenvalue weighted by Crippen LogP contribution is -2.19. The standard InChI is InChI=1S/C13H21N3O2/c1-4-18-12(17)10-11(14)16(8-15-10)7-13(5-6-13)9(2)3/h8-9H,4-7,14H2,1-3H3. The van der Waals surface area contributed by atoms with Crippen LogP contribution in [0.15, 0.2) is 6.33 Å². The number of nitrogen functional groups attached to an aromatic ring is 1. The minimum absolute atomic E-state index is 0.233. The number of rotatable bonds is 5. The van der Waals surface area contributed by atoms with Gasteiger partial charge in [-0.15, -0.1) is 0 Å². The number of hydrogen-bond donors (Lipinski definition) is 1. The summed E-state index contributed by atoms with van der Waals surface area (Å²) in [7, 11) is 0. The van der Waals surface area contributed by atoms with Crippen molar-refractivity contribution in [2.75, 3.05) is 12.3 Å². The van der Waals surface area contributed by atoms with Crippen molar-refractivity contribution in [3.05, 3.63) is 12.0 Å². The van der Waals surface area contributed by atoms with E-state index in [-0.39, 0.29) is 5.69 Å². The second kappa shape index (κ2) is 4.63. The lowest BCUT2D eigenvalue weighted by molar-refractivity contribution is 0.0521. The number of carbonyl (C=O) groups is 1. The first-order valence-corrected chi connectivity index (χ1v) is 6.48. The van der Waals surface area contributed by atoms with Crippen molar-refractivity contribution in [3.63, 3.8) is 0 Å². The summed E-state index contributed by atoms with van der Waals surface area (Å²) in [5.74, 6) is 0.592. The Kier molecular flexibility index (Phi) is 3.32. The van der Waals surface area contributed by atoms with E-state index in [2.05, 4.69) is 18.8 Å². The molecule has 1 fully saturated rings. The van der Waals surface area contributed by atoms with E-state index in [0.717, 1.165) is 6.54 Å². The lowest BCUT2D eigenvalue weighted by atomic mass is 9.92. The first kappa shape index (κ1) is 12.9. The Labute approximate surface area is 107 Å². The zero-order valence-corrected chi connectivity index (χ0v) is 11.3. The molecule has 0 atom stereocenters. The molecule has 100 valence electrons. The van der Waals surface area contributed by atoms with Gasteiger partial charge in [-0.3, -0.25) is 0 Å². The smallest absolute Gasteiger partial charge is 0.360 e. The predicted molar refractivity (Wildman–Crippen MR) is 69.1 cm³/mol. The summed E-state index contributed by atoms with van der Waals surface area (Å²) in [6.45, 7) is 7.39. The molecule has 0 radical (unpaired) electrons. The zero-order chi connectivity index (χ0) is 13.3. The summed E-state index contributed by atoms with van der Waals surface area (Å²) in [5.41, 5.74) is 6.54. The van der Waals surface area contributed by atoms with E-state index in [1.54, 1.807) is 13.3 Å². The molecule has 0 aromatic carbocycles. The fourth-order valence-electron chi connectivity index (χ4n) is 2.29. The number of nitrogens with two attached hydrogens (primary N) is 1. The van der Waals surface area contributed by atoms with Gasteiger partial charge in [-0.05, 0) is 31.1 Å². The molecule has 1 saturated carbocycles. The monoisotopic (exact) mass is 251 g/mol. The van der Waals surface area contributed by atoms with Crippen LogP contribution in [0.3, 0.4) is 0 Å². The van der Waals surface area contributed by atoms with Crippen LogP contribution in [0, 0.1) is 11.3 Å². The van der Waals surface area contributed by atoms with Gasteiger partial charge in [0.15, 0.2) is 5.69 Å². The third kappa shape index (κ3) is 2.21. The quantitative estimate of drug-likeness (QED) is 0.813. The second-order valence-electron chi connectivity index (χ2n) is 5.34. The van der Waals surface area contributed by atoms with Gasteiger partial charge in [-0.25, -0.2) is 9.78 Å². The number of anilines is 1. The normalized spacial score (nSPS) is 16.9. The Morgan fingerprint density at radius 2 is 2.28 bits per heavy atom. The molecule has 5 nitrogen and oxygen atoms in total. The Hall–Kier alpha value is -1.52. The third-order valence-corrected chi connectivity index (χ3v) is 3.95. The summed E-state index contributed by atoms with van der Waals surface area (Å²) < 4.78 is 6.79. The van der Waals surface area contributed by atoms with E-state index < -0.39 is 5.97 Å². The summed E-state index contributed by atoms with van der Waals surface area (Å²) >= 11 is 0. The summed E-state index contributed by atoms with van der Waals surface area (Å²) in [6, 6.07) is 0. The molecule has 1 aliphatic rings. The largest absolute Gasteiger partial charge is 0.461 e. The first-order valence-electron chi connectivity index (χ1n) is 6.48. The molecule has 1 aromatic heterocycles. The van der Waals surface area contributed by atoms with Crippen LogP contribution in [0.1, 0.15) is 44.1 Å². The van der Waals surface area contributed by atoms with Gasteiger partial charge in [0.1, 0.15) is 5.82 Å². The summed E-state index contributed by atoms with van der Waals surface area (Å²) in [4.78, 5) is 15.7.